The Kier molecular flexibility index (Phi) is 5.40. The minimum absolute atomic E-state index is 0.00211. The van der Waals surface area contributed by atoms with Crippen LogP contribution in [0.25, 0.3) is 0 Å². The van der Waals surface area contributed by atoms with E-state index < -0.39 is 0 Å². The van der Waals surface area contributed by atoms with E-state index in [0.29, 0.717) is 13.1 Å². The van der Waals surface area contributed by atoms with Crippen molar-refractivity contribution < 1.29 is 9.59 Å². The number of rotatable bonds is 4. The number of piperidine rings is 1. The molecule has 136 valence electrons. The smallest absolute Gasteiger partial charge is 0.253 e. The highest BCUT2D eigenvalue weighted by atomic mass is 16.2. The molecule has 1 amide bonds. The topological polar surface area (TPSA) is 40.6 Å². The van der Waals surface area contributed by atoms with Gasteiger partial charge >= 0.3 is 0 Å². The van der Waals surface area contributed by atoms with Gasteiger partial charge in [0.15, 0.2) is 5.78 Å². The Morgan fingerprint density at radius 1 is 0.885 bits per heavy atom. The van der Waals surface area contributed by atoms with E-state index in [2.05, 4.69) is 0 Å². The molecule has 4 nitrogen and oxygen atoms in total. The zero-order valence-corrected chi connectivity index (χ0v) is 15.7. The number of carbonyl (C=O) groups is 2. The van der Waals surface area contributed by atoms with Crippen molar-refractivity contribution in [2.24, 2.45) is 5.92 Å². The van der Waals surface area contributed by atoms with E-state index in [9.17, 15) is 9.59 Å². The molecule has 0 unspecified atom stereocenters. The van der Waals surface area contributed by atoms with Gasteiger partial charge in [-0.2, -0.15) is 0 Å². The van der Waals surface area contributed by atoms with Crippen LogP contribution in [0, 0.1) is 12.8 Å². The van der Waals surface area contributed by atoms with Crippen LogP contribution in [0.4, 0.5) is 5.69 Å². The summed E-state index contributed by atoms with van der Waals surface area (Å²) in [5.74, 6) is 0.256. The first-order valence-electron chi connectivity index (χ1n) is 9.13. The lowest BCUT2D eigenvalue weighted by atomic mass is 9.88. The summed E-state index contributed by atoms with van der Waals surface area (Å²) in [5.41, 5.74) is 3.71. The van der Waals surface area contributed by atoms with Crippen LogP contribution in [0.3, 0.4) is 0 Å². The fourth-order valence-electron chi connectivity index (χ4n) is 3.38. The van der Waals surface area contributed by atoms with Gasteiger partial charge in [0.05, 0.1) is 0 Å². The molecule has 0 radical (unpaired) electrons. The molecule has 1 aliphatic rings. The lowest BCUT2D eigenvalue weighted by Gasteiger charge is -2.31. The average Bonchev–Trinajstić information content (AvgIpc) is 2.67. The predicted molar refractivity (Wildman–Crippen MR) is 105 cm³/mol. The molecule has 0 aliphatic carbocycles. The lowest BCUT2D eigenvalue weighted by molar-refractivity contribution is 0.0650. The Bertz CT molecular complexity index is 771. The first-order chi connectivity index (χ1) is 12.5. The highest BCUT2D eigenvalue weighted by Gasteiger charge is 2.28. The molecule has 0 spiro atoms. The summed E-state index contributed by atoms with van der Waals surface area (Å²) in [7, 11) is 3.97. The number of anilines is 1. The molecule has 0 bridgehead atoms. The fourth-order valence-corrected chi connectivity index (χ4v) is 3.38. The first kappa shape index (κ1) is 18.2. The van der Waals surface area contributed by atoms with Gasteiger partial charge in [-0.1, -0.05) is 17.7 Å². The van der Waals surface area contributed by atoms with Gasteiger partial charge in [-0.3, -0.25) is 9.59 Å². The van der Waals surface area contributed by atoms with Crippen LogP contribution in [-0.2, 0) is 0 Å². The van der Waals surface area contributed by atoms with E-state index in [0.717, 1.165) is 35.2 Å². The van der Waals surface area contributed by atoms with Gasteiger partial charge in [0.2, 0.25) is 0 Å². The largest absolute Gasteiger partial charge is 0.378 e. The van der Waals surface area contributed by atoms with Crippen LogP contribution in [0.1, 0.15) is 39.1 Å². The molecule has 4 heteroatoms. The number of carbonyl (C=O) groups excluding carboxylic acids is 2. The number of nitrogens with zero attached hydrogens (tertiary/aromatic N) is 2. The van der Waals surface area contributed by atoms with Crippen molar-refractivity contribution in [3.63, 3.8) is 0 Å². The van der Waals surface area contributed by atoms with Gasteiger partial charge in [-0.15, -0.1) is 0 Å². The van der Waals surface area contributed by atoms with Crippen LogP contribution in [-0.4, -0.2) is 43.8 Å². The summed E-state index contributed by atoms with van der Waals surface area (Å²) in [4.78, 5) is 29.2. The zero-order valence-electron chi connectivity index (χ0n) is 15.7. The van der Waals surface area contributed by atoms with Crippen molar-refractivity contribution in [3.05, 3.63) is 65.2 Å². The molecule has 3 rings (SSSR count). The summed E-state index contributed by atoms with van der Waals surface area (Å²) < 4.78 is 0. The van der Waals surface area contributed by atoms with Gasteiger partial charge < -0.3 is 9.80 Å². The van der Waals surface area contributed by atoms with E-state index in [1.807, 2.05) is 79.3 Å². The number of Topliss-reactive ketones (excluding diaryl/α,β-unsaturated/α-hetero) is 1. The highest BCUT2D eigenvalue weighted by Crippen LogP contribution is 2.24. The lowest BCUT2D eigenvalue weighted by Crippen LogP contribution is -2.40. The molecule has 26 heavy (non-hydrogen) atoms. The summed E-state index contributed by atoms with van der Waals surface area (Å²) in [6.45, 7) is 3.29. The van der Waals surface area contributed by atoms with Crippen molar-refractivity contribution in [2.45, 2.75) is 19.8 Å². The normalized spacial score (nSPS) is 15.0. The van der Waals surface area contributed by atoms with E-state index in [1.165, 1.54) is 0 Å². The number of aryl methyl sites for hydroxylation is 1. The van der Waals surface area contributed by atoms with E-state index in [-0.39, 0.29) is 17.6 Å². The van der Waals surface area contributed by atoms with Crippen LogP contribution in [0.2, 0.25) is 0 Å². The number of benzene rings is 2. The summed E-state index contributed by atoms with van der Waals surface area (Å²) >= 11 is 0. The number of hydrogen-bond donors (Lipinski definition) is 0. The molecule has 1 aliphatic heterocycles. The monoisotopic (exact) mass is 350 g/mol. The maximum absolute atomic E-state index is 12.7. The van der Waals surface area contributed by atoms with Crippen LogP contribution < -0.4 is 4.90 Å². The molecule has 1 saturated heterocycles. The molecule has 2 aromatic carbocycles. The molecular formula is C22H26N2O2. The van der Waals surface area contributed by atoms with Crippen molar-refractivity contribution >= 4 is 17.4 Å². The van der Waals surface area contributed by atoms with Crippen molar-refractivity contribution in [1.29, 1.82) is 0 Å². The Morgan fingerprint density at radius 3 is 1.96 bits per heavy atom. The number of hydrogen-bond acceptors (Lipinski definition) is 3. The van der Waals surface area contributed by atoms with Crippen molar-refractivity contribution in [2.75, 3.05) is 32.1 Å². The third kappa shape index (κ3) is 3.96. The molecule has 2 aromatic rings. The molecule has 0 aromatic heterocycles. The van der Waals surface area contributed by atoms with Crippen LogP contribution in [0.5, 0.6) is 0 Å². The third-order valence-electron chi connectivity index (χ3n) is 5.12. The fraction of sp³-hybridized carbons (Fsp3) is 0.364. The minimum atomic E-state index is 0.00211. The van der Waals surface area contributed by atoms with Crippen molar-refractivity contribution in [3.8, 4) is 0 Å². The van der Waals surface area contributed by atoms with Crippen LogP contribution in [0.15, 0.2) is 48.5 Å². The Morgan fingerprint density at radius 2 is 1.42 bits per heavy atom. The second kappa shape index (κ2) is 7.73. The van der Waals surface area contributed by atoms with E-state index >= 15 is 0 Å². The van der Waals surface area contributed by atoms with E-state index in [4.69, 9.17) is 0 Å². The maximum Gasteiger partial charge on any atom is 0.253 e. The van der Waals surface area contributed by atoms with Gasteiger partial charge in [-0.25, -0.2) is 0 Å². The van der Waals surface area contributed by atoms with E-state index in [1.54, 1.807) is 0 Å². The third-order valence-corrected chi connectivity index (χ3v) is 5.12. The Balaban J connectivity index is 1.60. The van der Waals surface area contributed by atoms with Crippen molar-refractivity contribution in [1.82, 2.24) is 4.90 Å². The predicted octanol–water partition coefficient (Wildman–Crippen LogP) is 3.80. The Labute approximate surface area is 155 Å². The Hall–Kier alpha value is -2.62. The minimum Gasteiger partial charge on any atom is -0.378 e. The number of likely N-dealkylation sites (tertiary alicyclic amines) is 1. The molecule has 1 heterocycles. The van der Waals surface area contributed by atoms with Gasteiger partial charge in [0, 0.05) is 49.9 Å². The standard InChI is InChI=1S/C22H26N2O2/c1-16-4-6-19(7-5-16)22(26)24-14-12-18(13-15-24)21(25)17-8-10-20(11-9-17)23(2)3/h4-11,18H,12-15H2,1-3H3. The average molecular weight is 350 g/mol. The summed E-state index contributed by atoms with van der Waals surface area (Å²) in [6, 6.07) is 15.4. The summed E-state index contributed by atoms with van der Waals surface area (Å²) in [6.07, 6.45) is 1.46. The van der Waals surface area contributed by atoms with Gasteiger partial charge in [0.25, 0.3) is 5.91 Å². The molecule has 1 fully saturated rings. The quantitative estimate of drug-likeness (QED) is 0.788. The van der Waals surface area contributed by atoms with Gasteiger partial charge in [-0.05, 0) is 56.2 Å². The zero-order chi connectivity index (χ0) is 18.7. The SMILES string of the molecule is Cc1ccc(C(=O)N2CCC(C(=O)c3ccc(N(C)C)cc3)CC2)cc1. The molecule has 0 saturated carbocycles. The molecule has 0 N–H and O–H groups in total. The molecule has 0 atom stereocenters. The second-order valence-corrected chi connectivity index (χ2v) is 7.24. The maximum atomic E-state index is 12.7. The second-order valence-electron chi connectivity index (χ2n) is 7.24. The first-order valence-corrected chi connectivity index (χ1v) is 9.13. The van der Waals surface area contributed by atoms with Gasteiger partial charge in [0.1, 0.15) is 0 Å². The van der Waals surface area contributed by atoms with Crippen LogP contribution >= 0.6 is 0 Å². The highest BCUT2D eigenvalue weighted by molar-refractivity contribution is 5.98. The number of ketones is 1. The summed E-state index contributed by atoms with van der Waals surface area (Å²) in [5, 5.41) is 0. The molecular weight excluding hydrogens is 324 g/mol. The number of amides is 1.